The Kier molecular flexibility index (Phi) is 5.49. The van der Waals surface area contributed by atoms with Crippen molar-refractivity contribution in [2.45, 2.75) is 32.4 Å². The minimum absolute atomic E-state index is 0.202. The van der Waals surface area contributed by atoms with Gasteiger partial charge >= 0.3 is 0 Å². The maximum Gasteiger partial charge on any atom is 0.119 e. The zero-order valence-electron chi connectivity index (χ0n) is 14.8. The molecule has 0 amide bonds. The molecular weight excluding hydrogens is 242 g/mol. The molecule has 0 aromatic heterocycles. The Balaban J connectivity index is 2.60. The van der Waals surface area contributed by atoms with Crippen LogP contribution in [0.4, 0.5) is 0 Å². The minimum Gasteiger partial charge on any atom is -0.491 e. The first-order valence-electron chi connectivity index (χ1n) is 7.89. The van der Waals surface area contributed by atoms with Gasteiger partial charge in [-0.1, -0.05) is 26.0 Å². The Morgan fingerprint density at radius 3 is 2.63 bits per heavy atom. The van der Waals surface area contributed by atoms with Crippen LogP contribution in [0, 0.1) is 0 Å². The van der Waals surface area contributed by atoms with E-state index in [1.165, 1.54) is 0 Å². The third-order valence-electron chi connectivity index (χ3n) is 2.40. The summed E-state index contributed by atoms with van der Waals surface area (Å²) in [6.07, 6.45) is -1.61. The molecule has 0 aliphatic carbocycles. The fraction of sp³-hybridized carbons (Fsp3) is 0.600. The highest BCUT2D eigenvalue weighted by Gasteiger charge is 2.05. The zero-order chi connectivity index (χ0) is 16.8. The van der Waals surface area contributed by atoms with Crippen LogP contribution in [0.25, 0.3) is 0 Å². The summed E-state index contributed by atoms with van der Waals surface area (Å²) in [6.45, 7) is 1.37. The predicted octanol–water partition coefficient (Wildman–Crippen LogP) is 1.61. The Hall–Kier alpha value is -1.10. The van der Waals surface area contributed by atoms with E-state index in [9.17, 15) is 5.11 Å². The van der Waals surface area contributed by atoms with Gasteiger partial charge in [0.2, 0.25) is 0 Å². The number of ether oxygens (including phenoxy) is 2. The van der Waals surface area contributed by atoms with Crippen LogP contribution < -0.4 is 10.1 Å². The summed E-state index contributed by atoms with van der Waals surface area (Å²) in [5, 5.41) is 12.5. The molecule has 1 rings (SSSR count). The standard InChI is InChI=1S/C15H25NO3/c1-12(2)16-10-14(17)11-19-15-6-4-13(5-7-15)8-9-18-3/h4-7,12,14,16-17H,8-11H2,1-3H3/i10D2,14D. The lowest BCUT2D eigenvalue weighted by atomic mass is 10.1. The number of benzene rings is 1. The first-order valence-corrected chi connectivity index (χ1v) is 6.39. The second-order valence-electron chi connectivity index (χ2n) is 4.55. The summed E-state index contributed by atoms with van der Waals surface area (Å²) in [6, 6.07) is 7.00. The fourth-order valence-corrected chi connectivity index (χ4v) is 1.39. The second-order valence-corrected chi connectivity index (χ2v) is 4.55. The lowest BCUT2D eigenvalue weighted by Gasteiger charge is -2.15. The van der Waals surface area contributed by atoms with E-state index in [2.05, 4.69) is 5.32 Å². The molecule has 0 radical (unpaired) electrons. The molecular formula is C15H25NO3. The SMILES string of the molecule is [2H]C(O)(COc1ccc(CCOC)cc1)C([2H])([2H])NC(C)C. The normalized spacial score (nSPS) is 17.4. The Morgan fingerprint density at radius 2 is 2.05 bits per heavy atom. The van der Waals surface area contributed by atoms with Crippen LogP contribution in [0.5, 0.6) is 5.75 Å². The van der Waals surface area contributed by atoms with Crippen LogP contribution in [0.3, 0.4) is 0 Å². The number of methoxy groups -OCH3 is 1. The molecule has 19 heavy (non-hydrogen) atoms. The first kappa shape index (κ1) is 11.7. The highest BCUT2D eigenvalue weighted by molar-refractivity contribution is 5.27. The van der Waals surface area contributed by atoms with Crippen LogP contribution in [0.2, 0.25) is 0 Å². The molecule has 2 N–H and O–H groups in total. The summed E-state index contributed by atoms with van der Waals surface area (Å²) in [5.74, 6) is 0.479. The Morgan fingerprint density at radius 1 is 1.37 bits per heavy atom. The number of rotatable bonds is 9. The summed E-state index contributed by atoms with van der Waals surface area (Å²) < 4.78 is 33.6. The van der Waals surface area contributed by atoms with Gasteiger partial charge in [-0.05, 0) is 24.1 Å². The fourth-order valence-electron chi connectivity index (χ4n) is 1.39. The summed E-state index contributed by atoms with van der Waals surface area (Å²) in [5.41, 5.74) is 1.09. The van der Waals surface area contributed by atoms with E-state index in [1.54, 1.807) is 33.1 Å². The van der Waals surface area contributed by atoms with Gasteiger partial charge in [-0.2, -0.15) is 0 Å². The van der Waals surface area contributed by atoms with Crippen molar-refractivity contribution in [3.8, 4) is 5.75 Å². The van der Waals surface area contributed by atoms with Gasteiger partial charge in [-0.15, -0.1) is 0 Å². The zero-order valence-corrected chi connectivity index (χ0v) is 11.8. The van der Waals surface area contributed by atoms with Crippen LogP contribution in [-0.4, -0.2) is 44.0 Å². The first-order chi connectivity index (χ1) is 10.2. The van der Waals surface area contributed by atoms with E-state index in [0.29, 0.717) is 12.4 Å². The third-order valence-corrected chi connectivity index (χ3v) is 2.40. The average molecular weight is 270 g/mol. The molecule has 4 nitrogen and oxygen atoms in total. The summed E-state index contributed by atoms with van der Waals surface area (Å²) in [7, 11) is 1.64. The Bertz CT molecular complexity index is 450. The van der Waals surface area contributed by atoms with Gasteiger partial charge in [-0.25, -0.2) is 0 Å². The maximum absolute atomic E-state index is 10.0. The molecule has 0 fully saturated rings. The molecule has 0 aliphatic rings. The van der Waals surface area contributed by atoms with Gasteiger partial charge in [0.25, 0.3) is 0 Å². The minimum atomic E-state index is -2.40. The van der Waals surface area contributed by atoms with Crippen molar-refractivity contribution in [1.29, 1.82) is 0 Å². The molecule has 0 spiro atoms. The number of hydrogen-bond acceptors (Lipinski definition) is 4. The monoisotopic (exact) mass is 270 g/mol. The van der Waals surface area contributed by atoms with E-state index in [-0.39, 0.29) is 6.04 Å². The van der Waals surface area contributed by atoms with Gasteiger partial charge in [0, 0.05) is 22.4 Å². The van der Waals surface area contributed by atoms with Crippen molar-refractivity contribution in [3.05, 3.63) is 29.8 Å². The molecule has 4 heteroatoms. The Labute approximate surface area is 120 Å². The molecule has 1 unspecified atom stereocenters. The lowest BCUT2D eigenvalue weighted by Crippen LogP contribution is -2.35. The third kappa shape index (κ3) is 7.15. The van der Waals surface area contributed by atoms with Crippen molar-refractivity contribution in [2.24, 2.45) is 0 Å². The van der Waals surface area contributed by atoms with Gasteiger partial charge in [0.1, 0.15) is 18.4 Å². The molecule has 0 saturated carbocycles. The molecule has 1 aromatic rings. The van der Waals surface area contributed by atoms with Crippen molar-refractivity contribution in [2.75, 3.05) is 26.8 Å². The van der Waals surface area contributed by atoms with E-state index in [4.69, 9.17) is 13.6 Å². The molecule has 0 heterocycles. The van der Waals surface area contributed by atoms with Crippen molar-refractivity contribution < 1.29 is 18.7 Å². The van der Waals surface area contributed by atoms with Crippen molar-refractivity contribution in [1.82, 2.24) is 5.32 Å². The van der Waals surface area contributed by atoms with Crippen molar-refractivity contribution in [3.63, 3.8) is 0 Å². The van der Waals surface area contributed by atoms with E-state index in [1.807, 2.05) is 12.1 Å². The number of hydrogen-bond donors (Lipinski definition) is 2. The van der Waals surface area contributed by atoms with Crippen LogP contribution in [0.1, 0.15) is 23.5 Å². The topological polar surface area (TPSA) is 50.7 Å². The largest absolute Gasteiger partial charge is 0.491 e. The van der Waals surface area contributed by atoms with Crippen LogP contribution in [0.15, 0.2) is 24.3 Å². The van der Waals surface area contributed by atoms with Crippen LogP contribution >= 0.6 is 0 Å². The predicted molar refractivity (Wildman–Crippen MR) is 76.7 cm³/mol. The summed E-state index contributed by atoms with van der Waals surface area (Å²) in [4.78, 5) is 0. The van der Waals surface area contributed by atoms with Crippen LogP contribution in [-0.2, 0) is 11.2 Å². The molecule has 0 bridgehead atoms. The van der Waals surface area contributed by atoms with Gasteiger partial charge < -0.3 is 19.9 Å². The van der Waals surface area contributed by atoms with Gasteiger partial charge in [-0.3, -0.25) is 0 Å². The quantitative estimate of drug-likeness (QED) is 0.716. The number of nitrogens with one attached hydrogen (secondary N) is 1. The van der Waals surface area contributed by atoms with Crippen molar-refractivity contribution >= 4 is 0 Å². The lowest BCUT2D eigenvalue weighted by molar-refractivity contribution is 0.104. The average Bonchev–Trinajstić information content (AvgIpc) is 2.42. The highest BCUT2D eigenvalue weighted by Crippen LogP contribution is 2.12. The van der Waals surface area contributed by atoms with Gasteiger partial charge in [0.15, 0.2) is 0 Å². The molecule has 0 aliphatic heterocycles. The molecule has 108 valence electrons. The second kappa shape index (κ2) is 8.91. The van der Waals surface area contributed by atoms with E-state index < -0.39 is 19.2 Å². The maximum atomic E-state index is 10.0. The molecule has 0 saturated heterocycles. The van der Waals surface area contributed by atoms with E-state index in [0.717, 1.165) is 12.0 Å². The highest BCUT2D eigenvalue weighted by atomic mass is 16.5. The van der Waals surface area contributed by atoms with E-state index >= 15 is 0 Å². The molecule has 1 atom stereocenters. The summed E-state index contributed by atoms with van der Waals surface area (Å²) >= 11 is 0. The smallest absolute Gasteiger partial charge is 0.119 e. The molecule has 1 aromatic carbocycles. The van der Waals surface area contributed by atoms with Gasteiger partial charge in [0.05, 0.1) is 7.98 Å². The number of aliphatic hydroxyl groups is 1.